The summed E-state index contributed by atoms with van der Waals surface area (Å²) in [6.45, 7) is 2.35. The van der Waals surface area contributed by atoms with Crippen LogP contribution in [0, 0.1) is 5.92 Å². The number of rotatable bonds is 3. The zero-order chi connectivity index (χ0) is 12.3. The minimum absolute atomic E-state index is 0.0523. The van der Waals surface area contributed by atoms with Crippen LogP contribution in [0.25, 0.3) is 0 Å². The van der Waals surface area contributed by atoms with Crippen LogP contribution in [-0.2, 0) is 13.5 Å². The van der Waals surface area contributed by atoms with Crippen molar-refractivity contribution in [3.63, 3.8) is 0 Å². The number of hydrogen-bond donors (Lipinski definition) is 1. The molecule has 1 fully saturated rings. The van der Waals surface area contributed by atoms with Gasteiger partial charge in [0.2, 0.25) is 0 Å². The molecule has 1 aromatic heterocycles. The first kappa shape index (κ1) is 12.6. The van der Waals surface area contributed by atoms with Gasteiger partial charge in [0, 0.05) is 31.4 Å². The molecule has 3 nitrogen and oxygen atoms in total. The number of nitrogens with two attached hydrogens (primary N) is 1. The average molecular weight is 235 g/mol. The lowest BCUT2D eigenvalue weighted by Gasteiger charge is -2.28. The van der Waals surface area contributed by atoms with Crippen LogP contribution in [-0.4, -0.2) is 15.1 Å². The van der Waals surface area contributed by atoms with E-state index in [4.69, 9.17) is 5.73 Å². The molecule has 1 heterocycles. The molecule has 0 spiro atoms. The molecule has 3 heteroatoms. The van der Waals surface area contributed by atoms with Gasteiger partial charge in [-0.25, -0.2) is 4.98 Å². The van der Waals surface area contributed by atoms with Crippen molar-refractivity contribution < 1.29 is 0 Å². The van der Waals surface area contributed by atoms with Gasteiger partial charge in [0.15, 0.2) is 0 Å². The van der Waals surface area contributed by atoms with E-state index < -0.39 is 0 Å². The third-order valence-corrected chi connectivity index (χ3v) is 4.27. The van der Waals surface area contributed by atoms with Crippen molar-refractivity contribution >= 4 is 0 Å². The van der Waals surface area contributed by atoms with Crippen molar-refractivity contribution in [2.45, 2.75) is 57.4 Å². The highest BCUT2D eigenvalue weighted by Gasteiger charge is 2.28. The van der Waals surface area contributed by atoms with Crippen LogP contribution >= 0.6 is 0 Å². The fourth-order valence-electron chi connectivity index (χ4n) is 2.85. The molecule has 0 aromatic carbocycles. The number of aryl methyl sites for hydroxylation is 2. The average Bonchev–Trinajstić information content (AvgIpc) is 2.62. The van der Waals surface area contributed by atoms with Gasteiger partial charge in [-0.15, -0.1) is 0 Å². The lowest BCUT2D eigenvalue weighted by Crippen LogP contribution is -2.39. The van der Waals surface area contributed by atoms with E-state index in [0.29, 0.717) is 0 Å². The predicted molar refractivity (Wildman–Crippen MR) is 70.7 cm³/mol. The zero-order valence-electron chi connectivity index (χ0n) is 11.2. The van der Waals surface area contributed by atoms with Gasteiger partial charge in [-0.3, -0.25) is 0 Å². The van der Waals surface area contributed by atoms with Crippen molar-refractivity contribution in [2.24, 2.45) is 18.7 Å². The summed E-state index contributed by atoms with van der Waals surface area (Å²) in [5.74, 6) is 2.01. The lowest BCUT2D eigenvalue weighted by atomic mass is 9.86. The van der Waals surface area contributed by atoms with Gasteiger partial charge in [-0.1, -0.05) is 19.8 Å². The maximum atomic E-state index is 6.55. The first-order valence-corrected chi connectivity index (χ1v) is 6.84. The van der Waals surface area contributed by atoms with Gasteiger partial charge in [0.05, 0.1) is 0 Å². The van der Waals surface area contributed by atoms with Gasteiger partial charge in [-0.2, -0.15) is 0 Å². The van der Waals surface area contributed by atoms with Gasteiger partial charge in [0.25, 0.3) is 0 Å². The molecular formula is C14H25N3. The van der Waals surface area contributed by atoms with Crippen molar-refractivity contribution in [1.29, 1.82) is 0 Å². The Labute approximate surface area is 104 Å². The molecule has 0 bridgehead atoms. The maximum Gasteiger partial charge on any atom is 0.108 e. The Morgan fingerprint density at radius 3 is 3.00 bits per heavy atom. The number of aromatic nitrogens is 2. The first-order chi connectivity index (χ1) is 8.09. The summed E-state index contributed by atoms with van der Waals surface area (Å²) in [5, 5.41) is 0. The maximum absolute atomic E-state index is 6.55. The molecule has 2 atom stereocenters. The van der Waals surface area contributed by atoms with Crippen LogP contribution in [0.15, 0.2) is 12.4 Å². The fraction of sp³-hybridized carbons (Fsp3) is 0.786. The largest absolute Gasteiger partial charge is 0.338 e. The Hall–Kier alpha value is -0.830. The molecular weight excluding hydrogens is 210 g/mol. The summed E-state index contributed by atoms with van der Waals surface area (Å²) >= 11 is 0. The van der Waals surface area contributed by atoms with E-state index in [-0.39, 0.29) is 5.54 Å². The van der Waals surface area contributed by atoms with Crippen LogP contribution in [0.1, 0.15) is 51.3 Å². The van der Waals surface area contributed by atoms with Crippen LogP contribution in [0.4, 0.5) is 0 Å². The smallest absolute Gasteiger partial charge is 0.108 e. The Morgan fingerprint density at radius 1 is 1.47 bits per heavy atom. The molecule has 2 N–H and O–H groups in total. The second-order valence-electron chi connectivity index (χ2n) is 5.85. The number of imidazole rings is 1. The van der Waals surface area contributed by atoms with E-state index in [2.05, 4.69) is 23.5 Å². The summed E-state index contributed by atoms with van der Waals surface area (Å²) < 4.78 is 2.10. The van der Waals surface area contributed by atoms with Crippen molar-refractivity contribution in [3.8, 4) is 0 Å². The summed E-state index contributed by atoms with van der Waals surface area (Å²) in [4.78, 5) is 4.38. The van der Waals surface area contributed by atoms with Gasteiger partial charge in [0.1, 0.15) is 5.82 Å². The topological polar surface area (TPSA) is 43.8 Å². The van der Waals surface area contributed by atoms with E-state index in [0.717, 1.165) is 24.6 Å². The van der Waals surface area contributed by atoms with Gasteiger partial charge < -0.3 is 10.3 Å². The van der Waals surface area contributed by atoms with Crippen molar-refractivity contribution in [2.75, 3.05) is 0 Å². The summed E-state index contributed by atoms with van der Waals surface area (Å²) in [6, 6.07) is 0. The third-order valence-electron chi connectivity index (χ3n) is 4.27. The fourth-order valence-corrected chi connectivity index (χ4v) is 2.85. The summed E-state index contributed by atoms with van der Waals surface area (Å²) in [6.07, 6.45) is 12.2. The molecule has 0 saturated heterocycles. The zero-order valence-corrected chi connectivity index (χ0v) is 11.2. The van der Waals surface area contributed by atoms with E-state index in [1.807, 2.05) is 12.4 Å². The predicted octanol–water partition coefficient (Wildman–Crippen LogP) is 2.65. The summed E-state index contributed by atoms with van der Waals surface area (Å²) in [7, 11) is 2.06. The molecule has 96 valence electrons. The molecule has 0 radical (unpaired) electrons. The minimum atomic E-state index is 0.0523. The van der Waals surface area contributed by atoms with E-state index in [1.165, 1.54) is 32.1 Å². The summed E-state index contributed by atoms with van der Waals surface area (Å²) in [5.41, 5.74) is 6.60. The standard InChI is InChI=1S/C14H25N3/c1-12-4-3-7-14(15,8-5-12)9-6-13-16-10-11-17(13)2/h10-12H,3-9,15H2,1-2H3. The third kappa shape index (κ3) is 3.32. The Balaban J connectivity index is 1.91. The van der Waals surface area contributed by atoms with Crippen LogP contribution in [0.2, 0.25) is 0 Å². The highest BCUT2D eigenvalue weighted by atomic mass is 15.0. The Kier molecular flexibility index (Phi) is 3.87. The first-order valence-electron chi connectivity index (χ1n) is 6.84. The quantitative estimate of drug-likeness (QED) is 0.819. The van der Waals surface area contributed by atoms with E-state index in [1.54, 1.807) is 0 Å². The van der Waals surface area contributed by atoms with Crippen LogP contribution in [0.3, 0.4) is 0 Å². The molecule has 0 amide bonds. The monoisotopic (exact) mass is 235 g/mol. The highest BCUT2D eigenvalue weighted by Crippen LogP contribution is 2.31. The second kappa shape index (κ2) is 5.21. The van der Waals surface area contributed by atoms with Gasteiger partial charge in [-0.05, 0) is 31.6 Å². The minimum Gasteiger partial charge on any atom is -0.338 e. The van der Waals surface area contributed by atoms with Crippen LogP contribution < -0.4 is 5.73 Å². The molecule has 1 aliphatic carbocycles. The Morgan fingerprint density at radius 2 is 2.29 bits per heavy atom. The van der Waals surface area contributed by atoms with E-state index >= 15 is 0 Å². The molecule has 2 rings (SSSR count). The van der Waals surface area contributed by atoms with Crippen molar-refractivity contribution in [1.82, 2.24) is 9.55 Å². The van der Waals surface area contributed by atoms with E-state index in [9.17, 15) is 0 Å². The second-order valence-corrected chi connectivity index (χ2v) is 5.85. The molecule has 2 unspecified atom stereocenters. The normalized spacial score (nSPS) is 30.2. The van der Waals surface area contributed by atoms with Gasteiger partial charge >= 0.3 is 0 Å². The highest BCUT2D eigenvalue weighted by molar-refractivity contribution is 4.96. The molecule has 1 saturated carbocycles. The lowest BCUT2D eigenvalue weighted by molar-refractivity contribution is 0.337. The molecule has 1 aromatic rings. The SMILES string of the molecule is CC1CCCC(N)(CCc2nccn2C)CC1. The molecule has 17 heavy (non-hydrogen) atoms. The molecule has 1 aliphatic rings. The number of hydrogen-bond acceptors (Lipinski definition) is 2. The molecule has 0 aliphatic heterocycles. The Bertz CT molecular complexity index is 358. The number of nitrogens with zero attached hydrogens (tertiary/aromatic N) is 2. The van der Waals surface area contributed by atoms with Crippen LogP contribution in [0.5, 0.6) is 0 Å². The van der Waals surface area contributed by atoms with Crippen molar-refractivity contribution in [3.05, 3.63) is 18.2 Å².